The lowest BCUT2D eigenvalue weighted by molar-refractivity contribution is -0.134. The van der Waals surface area contributed by atoms with Crippen molar-refractivity contribution in [2.75, 3.05) is 24.1 Å². The standard InChI is InChI=1S/C14H18FN3O2/c15-10-5-6-11(16)12(8-10)17-13(19)9-18-7-3-1-2-4-14(18)20/h5-6,8H,1-4,7,9,16H2,(H,17,19). The molecule has 108 valence electrons. The second kappa shape index (κ2) is 6.36. The van der Waals surface area contributed by atoms with Crippen molar-refractivity contribution in [3.63, 3.8) is 0 Å². The Kier molecular flexibility index (Phi) is 4.55. The number of nitrogens with one attached hydrogen (secondary N) is 1. The Morgan fingerprint density at radius 1 is 1.35 bits per heavy atom. The summed E-state index contributed by atoms with van der Waals surface area (Å²) >= 11 is 0. The smallest absolute Gasteiger partial charge is 0.244 e. The van der Waals surface area contributed by atoms with Gasteiger partial charge in [-0.25, -0.2) is 4.39 Å². The Morgan fingerprint density at radius 3 is 2.95 bits per heavy atom. The van der Waals surface area contributed by atoms with E-state index in [4.69, 9.17) is 5.73 Å². The van der Waals surface area contributed by atoms with Gasteiger partial charge in [0.25, 0.3) is 0 Å². The third kappa shape index (κ3) is 3.69. The lowest BCUT2D eigenvalue weighted by Crippen LogP contribution is -2.37. The maximum Gasteiger partial charge on any atom is 0.244 e. The Hall–Kier alpha value is -2.11. The largest absolute Gasteiger partial charge is 0.397 e. The summed E-state index contributed by atoms with van der Waals surface area (Å²) in [5.74, 6) is -0.845. The Labute approximate surface area is 116 Å². The number of anilines is 2. The molecule has 1 aromatic rings. The topological polar surface area (TPSA) is 75.4 Å². The van der Waals surface area contributed by atoms with E-state index in [0.29, 0.717) is 18.7 Å². The highest BCUT2D eigenvalue weighted by Crippen LogP contribution is 2.19. The van der Waals surface area contributed by atoms with Crippen molar-refractivity contribution < 1.29 is 14.0 Å². The normalized spacial score (nSPS) is 15.8. The Bertz CT molecular complexity index is 519. The molecule has 0 spiro atoms. The van der Waals surface area contributed by atoms with Gasteiger partial charge in [0.15, 0.2) is 0 Å². The third-order valence-corrected chi connectivity index (χ3v) is 3.30. The molecule has 1 aromatic carbocycles. The number of amides is 2. The lowest BCUT2D eigenvalue weighted by Gasteiger charge is -2.20. The Morgan fingerprint density at radius 2 is 2.15 bits per heavy atom. The van der Waals surface area contributed by atoms with Crippen LogP contribution in [0, 0.1) is 5.82 Å². The number of rotatable bonds is 3. The van der Waals surface area contributed by atoms with Gasteiger partial charge in [0.05, 0.1) is 17.9 Å². The number of likely N-dealkylation sites (tertiary alicyclic amines) is 1. The summed E-state index contributed by atoms with van der Waals surface area (Å²) < 4.78 is 13.1. The molecule has 0 aliphatic carbocycles. The molecule has 1 aliphatic rings. The molecule has 0 bridgehead atoms. The van der Waals surface area contributed by atoms with Crippen LogP contribution in [-0.4, -0.2) is 29.8 Å². The first-order valence-corrected chi connectivity index (χ1v) is 6.69. The molecule has 6 heteroatoms. The number of halogens is 1. The van der Waals surface area contributed by atoms with E-state index in [1.54, 1.807) is 0 Å². The number of nitrogens with two attached hydrogens (primary N) is 1. The molecule has 1 saturated heterocycles. The summed E-state index contributed by atoms with van der Waals surface area (Å²) in [4.78, 5) is 25.2. The summed E-state index contributed by atoms with van der Waals surface area (Å²) in [6.45, 7) is 0.569. The number of benzene rings is 1. The van der Waals surface area contributed by atoms with E-state index in [2.05, 4.69) is 5.32 Å². The summed E-state index contributed by atoms with van der Waals surface area (Å²) in [6.07, 6.45) is 3.25. The molecule has 0 aromatic heterocycles. The van der Waals surface area contributed by atoms with Gasteiger partial charge in [-0.15, -0.1) is 0 Å². The van der Waals surface area contributed by atoms with Crippen LogP contribution >= 0.6 is 0 Å². The first-order valence-electron chi connectivity index (χ1n) is 6.69. The van der Waals surface area contributed by atoms with Crippen LogP contribution in [0.25, 0.3) is 0 Å². The summed E-state index contributed by atoms with van der Waals surface area (Å²) in [5.41, 5.74) is 6.19. The van der Waals surface area contributed by atoms with Gasteiger partial charge < -0.3 is 16.0 Å². The second-order valence-electron chi connectivity index (χ2n) is 4.91. The van der Waals surface area contributed by atoms with Gasteiger partial charge in [-0.05, 0) is 31.0 Å². The fourth-order valence-corrected chi connectivity index (χ4v) is 2.21. The average Bonchev–Trinajstić information content (AvgIpc) is 2.59. The molecule has 0 unspecified atom stereocenters. The molecule has 1 fully saturated rings. The number of carbonyl (C=O) groups excluding carboxylic acids is 2. The third-order valence-electron chi connectivity index (χ3n) is 3.30. The minimum absolute atomic E-state index is 0.00939. The zero-order valence-corrected chi connectivity index (χ0v) is 11.2. The average molecular weight is 279 g/mol. The first kappa shape index (κ1) is 14.3. The molecule has 0 radical (unpaired) electrons. The molecule has 2 amide bonds. The van der Waals surface area contributed by atoms with Crippen LogP contribution < -0.4 is 11.1 Å². The molecule has 0 atom stereocenters. The molecule has 2 rings (SSSR count). The van der Waals surface area contributed by atoms with E-state index in [1.165, 1.54) is 17.0 Å². The van der Waals surface area contributed by atoms with Crippen LogP contribution in [0.4, 0.5) is 15.8 Å². The highest BCUT2D eigenvalue weighted by atomic mass is 19.1. The van der Waals surface area contributed by atoms with E-state index < -0.39 is 5.82 Å². The van der Waals surface area contributed by atoms with E-state index in [9.17, 15) is 14.0 Å². The van der Waals surface area contributed by atoms with Crippen LogP contribution in [0.1, 0.15) is 25.7 Å². The van der Waals surface area contributed by atoms with Crippen LogP contribution in [0.15, 0.2) is 18.2 Å². The molecule has 1 heterocycles. The van der Waals surface area contributed by atoms with Gasteiger partial charge in [-0.3, -0.25) is 9.59 Å². The van der Waals surface area contributed by atoms with Crippen molar-refractivity contribution in [2.24, 2.45) is 0 Å². The second-order valence-corrected chi connectivity index (χ2v) is 4.91. The van der Waals surface area contributed by atoms with E-state index >= 15 is 0 Å². The van der Waals surface area contributed by atoms with Crippen molar-refractivity contribution in [1.82, 2.24) is 4.90 Å². The van der Waals surface area contributed by atoms with Gasteiger partial charge in [-0.2, -0.15) is 0 Å². The van der Waals surface area contributed by atoms with Crippen molar-refractivity contribution in [3.8, 4) is 0 Å². The van der Waals surface area contributed by atoms with Crippen molar-refractivity contribution in [1.29, 1.82) is 0 Å². The minimum Gasteiger partial charge on any atom is -0.397 e. The van der Waals surface area contributed by atoms with Crippen LogP contribution in [0.3, 0.4) is 0 Å². The highest BCUT2D eigenvalue weighted by molar-refractivity contribution is 5.96. The summed E-state index contributed by atoms with van der Waals surface area (Å²) in [6, 6.07) is 3.78. The number of carbonyl (C=O) groups is 2. The van der Waals surface area contributed by atoms with Crippen LogP contribution in [0.5, 0.6) is 0 Å². The molecular weight excluding hydrogens is 261 g/mol. The van der Waals surface area contributed by atoms with Crippen molar-refractivity contribution in [3.05, 3.63) is 24.0 Å². The monoisotopic (exact) mass is 279 g/mol. The minimum atomic E-state index is -0.472. The molecule has 5 nitrogen and oxygen atoms in total. The number of nitrogens with zero attached hydrogens (tertiary/aromatic N) is 1. The number of hydrogen-bond acceptors (Lipinski definition) is 3. The van der Waals surface area contributed by atoms with Gasteiger partial charge in [-0.1, -0.05) is 6.42 Å². The zero-order chi connectivity index (χ0) is 14.5. The lowest BCUT2D eigenvalue weighted by atomic mass is 10.2. The van der Waals surface area contributed by atoms with Gasteiger partial charge in [0.1, 0.15) is 5.82 Å². The molecular formula is C14H18FN3O2. The van der Waals surface area contributed by atoms with Crippen molar-refractivity contribution >= 4 is 23.2 Å². The van der Waals surface area contributed by atoms with E-state index in [-0.39, 0.29) is 24.0 Å². The highest BCUT2D eigenvalue weighted by Gasteiger charge is 2.19. The maximum atomic E-state index is 13.1. The zero-order valence-electron chi connectivity index (χ0n) is 11.2. The van der Waals surface area contributed by atoms with E-state index in [0.717, 1.165) is 25.3 Å². The fraction of sp³-hybridized carbons (Fsp3) is 0.429. The quantitative estimate of drug-likeness (QED) is 0.828. The van der Waals surface area contributed by atoms with Crippen molar-refractivity contribution in [2.45, 2.75) is 25.7 Å². The van der Waals surface area contributed by atoms with Gasteiger partial charge in [0.2, 0.25) is 11.8 Å². The van der Waals surface area contributed by atoms with Gasteiger partial charge in [0, 0.05) is 13.0 Å². The van der Waals surface area contributed by atoms with Crippen LogP contribution in [0.2, 0.25) is 0 Å². The molecule has 3 N–H and O–H groups in total. The predicted molar refractivity (Wildman–Crippen MR) is 74.5 cm³/mol. The first-order chi connectivity index (χ1) is 9.56. The molecule has 0 saturated carbocycles. The van der Waals surface area contributed by atoms with Gasteiger partial charge >= 0.3 is 0 Å². The van der Waals surface area contributed by atoms with E-state index in [1.807, 2.05) is 0 Å². The SMILES string of the molecule is Nc1ccc(F)cc1NC(=O)CN1CCCCCC1=O. The summed E-state index contributed by atoms with van der Waals surface area (Å²) in [7, 11) is 0. The summed E-state index contributed by atoms with van der Waals surface area (Å²) in [5, 5.41) is 2.54. The molecule has 20 heavy (non-hydrogen) atoms. The predicted octanol–water partition coefficient (Wildman–Crippen LogP) is 1.75. The fourth-order valence-electron chi connectivity index (χ4n) is 2.21. The number of hydrogen-bond donors (Lipinski definition) is 2. The molecule has 1 aliphatic heterocycles. The number of nitrogen functional groups attached to an aromatic ring is 1. The Balaban J connectivity index is 1.97. The van der Waals surface area contributed by atoms with Crippen LogP contribution in [-0.2, 0) is 9.59 Å². The maximum absolute atomic E-state index is 13.1.